The van der Waals surface area contributed by atoms with E-state index in [0.717, 1.165) is 18.2 Å². The molecule has 0 aromatic heterocycles. The van der Waals surface area contributed by atoms with Crippen LogP contribution < -0.4 is 0 Å². The van der Waals surface area contributed by atoms with Crippen molar-refractivity contribution in [2.75, 3.05) is 18.8 Å². The summed E-state index contributed by atoms with van der Waals surface area (Å²) >= 11 is 4.26. The van der Waals surface area contributed by atoms with Crippen LogP contribution >= 0.6 is 12.6 Å². The number of rotatable bonds is 5. The molecular formula is C9H19NS. The third-order valence-corrected chi connectivity index (χ3v) is 2.51. The summed E-state index contributed by atoms with van der Waals surface area (Å²) in [7, 11) is 0. The Kier molecular flexibility index (Phi) is 3.73. The van der Waals surface area contributed by atoms with Crippen LogP contribution in [0, 0.1) is 5.92 Å². The molecule has 11 heavy (non-hydrogen) atoms. The van der Waals surface area contributed by atoms with E-state index in [9.17, 15) is 0 Å². The molecule has 0 heterocycles. The van der Waals surface area contributed by atoms with Gasteiger partial charge in [-0.05, 0) is 32.6 Å². The van der Waals surface area contributed by atoms with E-state index in [4.69, 9.17) is 0 Å². The Hall–Kier alpha value is 0.310. The van der Waals surface area contributed by atoms with Crippen molar-refractivity contribution in [1.82, 2.24) is 4.90 Å². The van der Waals surface area contributed by atoms with Gasteiger partial charge in [0.25, 0.3) is 0 Å². The fraction of sp³-hybridized carbons (Fsp3) is 1.00. The second kappa shape index (κ2) is 4.36. The smallest absolute Gasteiger partial charge is 0.00727 e. The number of hydrogen-bond donors (Lipinski definition) is 1. The second-order valence-corrected chi connectivity index (χ2v) is 4.20. The third kappa shape index (κ3) is 3.48. The predicted octanol–water partition coefficient (Wildman–Crippen LogP) is 2.04. The fourth-order valence-corrected chi connectivity index (χ4v) is 1.58. The standard InChI is InChI=1S/C9H19NS/c1-8(2)10(5-6-11)7-9-3-4-9/h8-9,11H,3-7H2,1-2H3. The van der Waals surface area contributed by atoms with E-state index in [1.165, 1.54) is 19.4 Å². The maximum absolute atomic E-state index is 4.26. The molecule has 1 aliphatic carbocycles. The summed E-state index contributed by atoms with van der Waals surface area (Å²) in [6.07, 6.45) is 2.91. The summed E-state index contributed by atoms with van der Waals surface area (Å²) in [5, 5.41) is 0. The normalized spacial score (nSPS) is 18.3. The van der Waals surface area contributed by atoms with Gasteiger partial charge in [-0.15, -0.1) is 0 Å². The fourth-order valence-electron chi connectivity index (χ4n) is 1.32. The maximum Gasteiger partial charge on any atom is 0.00727 e. The van der Waals surface area contributed by atoms with Gasteiger partial charge in [0.1, 0.15) is 0 Å². The van der Waals surface area contributed by atoms with E-state index in [2.05, 4.69) is 31.4 Å². The zero-order valence-electron chi connectivity index (χ0n) is 7.58. The lowest BCUT2D eigenvalue weighted by Gasteiger charge is -2.25. The highest BCUT2D eigenvalue weighted by molar-refractivity contribution is 7.80. The van der Waals surface area contributed by atoms with Crippen molar-refractivity contribution in [2.24, 2.45) is 5.92 Å². The Balaban J connectivity index is 2.19. The Morgan fingerprint density at radius 2 is 2.09 bits per heavy atom. The van der Waals surface area contributed by atoms with Crippen molar-refractivity contribution in [3.63, 3.8) is 0 Å². The van der Waals surface area contributed by atoms with Crippen LogP contribution in [0.25, 0.3) is 0 Å². The molecule has 0 aromatic rings. The van der Waals surface area contributed by atoms with Crippen molar-refractivity contribution in [2.45, 2.75) is 32.7 Å². The molecule has 0 atom stereocenters. The SMILES string of the molecule is CC(C)N(CCS)CC1CC1. The van der Waals surface area contributed by atoms with Crippen LogP contribution in [0.3, 0.4) is 0 Å². The van der Waals surface area contributed by atoms with Gasteiger partial charge in [-0.2, -0.15) is 12.6 Å². The molecule has 0 aromatic carbocycles. The molecule has 0 saturated heterocycles. The highest BCUT2D eigenvalue weighted by atomic mass is 32.1. The molecule has 0 N–H and O–H groups in total. The van der Waals surface area contributed by atoms with Crippen molar-refractivity contribution in [3.8, 4) is 0 Å². The van der Waals surface area contributed by atoms with E-state index in [0.29, 0.717) is 6.04 Å². The van der Waals surface area contributed by atoms with Gasteiger partial charge in [-0.1, -0.05) is 0 Å². The molecule has 0 unspecified atom stereocenters. The molecule has 1 fully saturated rings. The summed E-state index contributed by atoms with van der Waals surface area (Å²) < 4.78 is 0. The highest BCUT2D eigenvalue weighted by Gasteiger charge is 2.24. The highest BCUT2D eigenvalue weighted by Crippen LogP contribution is 2.30. The molecule has 0 aliphatic heterocycles. The van der Waals surface area contributed by atoms with Gasteiger partial charge < -0.3 is 0 Å². The first kappa shape index (κ1) is 9.40. The molecule has 0 amide bonds. The lowest BCUT2D eigenvalue weighted by Crippen LogP contribution is -2.34. The Labute approximate surface area is 75.6 Å². The first-order valence-corrected chi connectivity index (χ1v) is 5.22. The van der Waals surface area contributed by atoms with Crippen molar-refractivity contribution >= 4 is 12.6 Å². The lowest BCUT2D eigenvalue weighted by atomic mass is 10.3. The molecule has 1 nitrogen and oxygen atoms in total. The van der Waals surface area contributed by atoms with Crippen LogP contribution in [0.15, 0.2) is 0 Å². The minimum absolute atomic E-state index is 0.697. The van der Waals surface area contributed by atoms with Gasteiger partial charge in [0.15, 0.2) is 0 Å². The summed E-state index contributed by atoms with van der Waals surface area (Å²) in [5.41, 5.74) is 0. The molecule has 1 rings (SSSR count). The van der Waals surface area contributed by atoms with Gasteiger partial charge in [0.05, 0.1) is 0 Å². The van der Waals surface area contributed by atoms with Crippen molar-refractivity contribution in [3.05, 3.63) is 0 Å². The van der Waals surface area contributed by atoms with Gasteiger partial charge in [-0.3, -0.25) is 4.90 Å². The van der Waals surface area contributed by atoms with E-state index >= 15 is 0 Å². The van der Waals surface area contributed by atoms with Gasteiger partial charge in [-0.25, -0.2) is 0 Å². The molecule has 1 saturated carbocycles. The van der Waals surface area contributed by atoms with Crippen LogP contribution in [0.5, 0.6) is 0 Å². The average Bonchev–Trinajstić information content (AvgIpc) is 2.70. The topological polar surface area (TPSA) is 3.24 Å². The molecule has 66 valence electrons. The zero-order chi connectivity index (χ0) is 8.27. The number of hydrogen-bond acceptors (Lipinski definition) is 2. The Morgan fingerprint density at radius 1 is 1.45 bits per heavy atom. The number of thiol groups is 1. The molecule has 0 spiro atoms. The van der Waals surface area contributed by atoms with Crippen LogP contribution in [-0.4, -0.2) is 29.8 Å². The van der Waals surface area contributed by atoms with Gasteiger partial charge in [0.2, 0.25) is 0 Å². The van der Waals surface area contributed by atoms with Crippen LogP contribution in [0.2, 0.25) is 0 Å². The van der Waals surface area contributed by atoms with E-state index in [-0.39, 0.29) is 0 Å². The van der Waals surface area contributed by atoms with Crippen LogP contribution in [0.1, 0.15) is 26.7 Å². The number of nitrogens with zero attached hydrogens (tertiary/aromatic N) is 1. The summed E-state index contributed by atoms with van der Waals surface area (Å²) in [5.74, 6) is 2.00. The van der Waals surface area contributed by atoms with Crippen molar-refractivity contribution in [1.29, 1.82) is 0 Å². The van der Waals surface area contributed by atoms with E-state index in [1.807, 2.05) is 0 Å². The predicted molar refractivity (Wildman–Crippen MR) is 53.3 cm³/mol. The monoisotopic (exact) mass is 173 g/mol. The summed E-state index contributed by atoms with van der Waals surface area (Å²) in [6.45, 7) is 6.99. The minimum atomic E-state index is 0.697. The lowest BCUT2D eigenvalue weighted by molar-refractivity contribution is 0.226. The average molecular weight is 173 g/mol. The first-order valence-electron chi connectivity index (χ1n) is 4.59. The second-order valence-electron chi connectivity index (χ2n) is 3.76. The Bertz CT molecular complexity index is 110. The molecular weight excluding hydrogens is 154 g/mol. The molecule has 1 aliphatic rings. The minimum Gasteiger partial charge on any atom is -0.300 e. The van der Waals surface area contributed by atoms with E-state index in [1.54, 1.807) is 0 Å². The van der Waals surface area contributed by atoms with Gasteiger partial charge >= 0.3 is 0 Å². The summed E-state index contributed by atoms with van der Waals surface area (Å²) in [4.78, 5) is 2.53. The quantitative estimate of drug-likeness (QED) is 0.623. The van der Waals surface area contributed by atoms with Crippen LogP contribution in [-0.2, 0) is 0 Å². The van der Waals surface area contributed by atoms with Gasteiger partial charge in [0, 0.05) is 24.9 Å². The largest absolute Gasteiger partial charge is 0.300 e. The van der Waals surface area contributed by atoms with E-state index < -0.39 is 0 Å². The van der Waals surface area contributed by atoms with Crippen molar-refractivity contribution < 1.29 is 0 Å². The Morgan fingerprint density at radius 3 is 2.45 bits per heavy atom. The molecule has 0 radical (unpaired) electrons. The summed E-state index contributed by atoms with van der Waals surface area (Å²) in [6, 6.07) is 0.697. The maximum atomic E-state index is 4.26. The van der Waals surface area contributed by atoms with Crippen LogP contribution in [0.4, 0.5) is 0 Å². The third-order valence-electron chi connectivity index (χ3n) is 2.31. The first-order chi connectivity index (χ1) is 5.24. The molecule has 2 heteroatoms. The zero-order valence-corrected chi connectivity index (χ0v) is 8.48. The molecule has 0 bridgehead atoms.